The number of pyridine rings is 1. The van der Waals surface area contributed by atoms with E-state index in [9.17, 15) is 8.78 Å². The SMILES string of the molecule is Cc1cc(-c2cc3c(F)cc(C4=CCNCC4)cc3nn2)cc2cn(C)nc12.Cc1cn2cc(-c3cc4c(F)cc(C5=CCNCC5)cc4nn3)cc(C)c2n1. The molecule has 0 bridgehead atoms. The lowest BCUT2D eigenvalue weighted by molar-refractivity contribution is 0.638. The fraction of sp³-hybridized carbons (Fsp3) is 0.227. The molecule has 56 heavy (non-hydrogen) atoms. The van der Waals surface area contributed by atoms with Gasteiger partial charge in [-0.3, -0.25) is 4.68 Å². The van der Waals surface area contributed by atoms with E-state index in [4.69, 9.17) is 0 Å². The Morgan fingerprint density at radius 1 is 0.607 bits per heavy atom. The number of rotatable bonds is 4. The summed E-state index contributed by atoms with van der Waals surface area (Å²) in [5.74, 6) is -0.526. The molecule has 0 radical (unpaired) electrons. The highest BCUT2D eigenvalue weighted by molar-refractivity contribution is 5.90. The number of hydrogen-bond acceptors (Lipinski definition) is 8. The van der Waals surface area contributed by atoms with Gasteiger partial charge in [0.2, 0.25) is 0 Å². The van der Waals surface area contributed by atoms with Gasteiger partial charge in [0.15, 0.2) is 0 Å². The number of nitrogens with one attached hydrogen (secondary N) is 2. The lowest BCUT2D eigenvalue weighted by Crippen LogP contribution is -2.20. The average Bonchev–Trinajstić information content (AvgIpc) is 3.80. The molecule has 3 aromatic carbocycles. The maximum absolute atomic E-state index is 14.9. The summed E-state index contributed by atoms with van der Waals surface area (Å²) in [6.07, 6.45) is 11.9. The fourth-order valence-corrected chi connectivity index (χ4v) is 7.74. The molecule has 0 saturated heterocycles. The Labute approximate surface area is 322 Å². The number of halogens is 2. The van der Waals surface area contributed by atoms with Crippen molar-refractivity contribution in [1.29, 1.82) is 0 Å². The maximum Gasteiger partial charge on any atom is 0.139 e. The first-order chi connectivity index (χ1) is 27.2. The minimum absolute atomic E-state index is 0.262. The highest BCUT2D eigenvalue weighted by atomic mass is 19.1. The summed E-state index contributed by atoms with van der Waals surface area (Å²) in [5, 5.41) is 30.5. The predicted octanol–water partition coefficient (Wildman–Crippen LogP) is 8.08. The molecule has 0 atom stereocenters. The number of nitrogens with zero attached hydrogens (tertiary/aromatic N) is 8. The zero-order valence-electron chi connectivity index (χ0n) is 31.7. The van der Waals surface area contributed by atoms with Gasteiger partial charge in [0.05, 0.1) is 33.6 Å². The van der Waals surface area contributed by atoms with E-state index in [1.54, 1.807) is 28.9 Å². The highest BCUT2D eigenvalue weighted by Crippen LogP contribution is 2.31. The van der Waals surface area contributed by atoms with Crippen molar-refractivity contribution in [2.45, 2.75) is 33.6 Å². The van der Waals surface area contributed by atoms with Crippen LogP contribution in [-0.4, -0.2) is 65.7 Å². The molecule has 2 aliphatic heterocycles. The third kappa shape index (κ3) is 6.82. The molecule has 280 valence electrons. The van der Waals surface area contributed by atoms with Crippen molar-refractivity contribution in [3.63, 3.8) is 0 Å². The molecule has 8 aromatic rings. The Balaban J connectivity index is 0.000000146. The van der Waals surface area contributed by atoms with E-state index >= 15 is 0 Å². The van der Waals surface area contributed by atoms with Crippen LogP contribution in [0.4, 0.5) is 8.78 Å². The number of aryl methyl sites for hydroxylation is 4. The van der Waals surface area contributed by atoms with Crippen LogP contribution in [0.1, 0.15) is 40.8 Å². The molecule has 12 heteroatoms. The molecule has 7 heterocycles. The third-order valence-corrected chi connectivity index (χ3v) is 10.5. The van der Waals surface area contributed by atoms with Gasteiger partial charge in [-0.15, -0.1) is 20.4 Å². The van der Waals surface area contributed by atoms with Crippen molar-refractivity contribution < 1.29 is 8.78 Å². The second kappa shape index (κ2) is 14.4. The molecular formula is C44H40F2N10. The Hall–Kier alpha value is -6.24. The van der Waals surface area contributed by atoms with E-state index in [0.717, 1.165) is 106 Å². The van der Waals surface area contributed by atoms with Crippen molar-refractivity contribution in [1.82, 2.24) is 50.2 Å². The van der Waals surface area contributed by atoms with Gasteiger partial charge in [-0.25, -0.2) is 13.8 Å². The van der Waals surface area contributed by atoms with E-state index in [2.05, 4.69) is 53.3 Å². The number of aromatic nitrogens is 8. The van der Waals surface area contributed by atoms with Gasteiger partial charge in [-0.05, 0) is 135 Å². The first-order valence-corrected chi connectivity index (χ1v) is 18.8. The summed E-state index contributed by atoms with van der Waals surface area (Å²) in [4.78, 5) is 4.52. The monoisotopic (exact) mass is 746 g/mol. The van der Waals surface area contributed by atoms with Crippen molar-refractivity contribution in [3.8, 4) is 22.5 Å². The second-order valence-corrected chi connectivity index (χ2v) is 14.7. The minimum Gasteiger partial charge on any atom is -0.313 e. The zero-order valence-corrected chi connectivity index (χ0v) is 31.7. The summed E-state index contributed by atoms with van der Waals surface area (Å²) in [6, 6.07) is 16.7. The van der Waals surface area contributed by atoms with Crippen molar-refractivity contribution in [3.05, 3.63) is 125 Å². The van der Waals surface area contributed by atoms with Crippen LogP contribution in [0.15, 0.2) is 85.3 Å². The number of hydrogen-bond donors (Lipinski definition) is 2. The molecule has 0 aliphatic carbocycles. The lowest BCUT2D eigenvalue weighted by atomic mass is 9.98. The van der Waals surface area contributed by atoms with E-state index in [1.165, 1.54) is 0 Å². The Morgan fingerprint density at radius 3 is 1.79 bits per heavy atom. The molecule has 0 amide bonds. The Kier molecular flexibility index (Phi) is 9.14. The fourth-order valence-electron chi connectivity index (χ4n) is 7.74. The van der Waals surface area contributed by atoms with Crippen LogP contribution in [0.3, 0.4) is 0 Å². The van der Waals surface area contributed by atoms with Crippen LogP contribution >= 0.6 is 0 Å². The van der Waals surface area contributed by atoms with Gasteiger partial charge in [0.25, 0.3) is 0 Å². The van der Waals surface area contributed by atoms with E-state index in [1.807, 2.05) is 81.1 Å². The number of fused-ring (bicyclic) bond motifs is 4. The van der Waals surface area contributed by atoms with Crippen LogP contribution in [0.25, 0.3) is 72.0 Å². The molecule has 0 saturated carbocycles. The van der Waals surface area contributed by atoms with Crippen molar-refractivity contribution in [2.75, 3.05) is 26.2 Å². The molecule has 5 aromatic heterocycles. The summed E-state index contributed by atoms with van der Waals surface area (Å²) in [6.45, 7) is 9.45. The first-order valence-electron chi connectivity index (χ1n) is 18.8. The second-order valence-electron chi connectivity index (χ2n) is 14.7. The molecule has 10 nitrogen and oxygen atoms in total. The maximum atomic E-state index is 14.9. The third-order valence-electron chi connectivity index (χ3n) is 10.5. The van der Waals surface area contributed by atoms with Crippen LogP contribution in [0.5, 0.6) is 0 Å². The quantitative estimate of drug-likeness (QED) is 0.186. The summed E-state index contributed by atoms with van der Waals surface area (Å²) < 4.78 is 33.6. The summed E-state index contributed by atoms with van der Waals surface area (Å²) >= 11 is 0. The topological polar surface area (TPSA) is 111 Å². The Morgan fingerprint density at radius 2 is 1.20 bits per heavy atom. The normalized spacial score (nSPS) is 14.6. The minimum atomic E-state index is -0.264. The van der Waals surface area contributed by atoms with Crippen molar-refractivity contribution in [2.24, 2.45) is 7.05 Å². The highest BCUT2D eigenvalue weighted by Gasteiger charge is 2.16. The average molecular weight is 747 g/mol. The molecule has 0 spiro atoms. The molecule has 2 N–H and O–H groups in total. The van der Waals surface area contributed by atoms with Crippen LogP contribution in [0.2, 0.25) is 0 Å². The molecule has 10 rings (SSSR count). The predicted molar refractivity (Wildman–Crippen MR) is 218 cm³/mol. The van der Waals surface area contributed by atoms with Crippen molar-refractivity contribution >= 4 is 49.5 Å². The first kappa shape index (κ1) is 35.5. The van der Waals surface area contributed by atoms with E-state index < -0.39 is 0 Å². The van der Waals surface area contributed by atoms with Gasteiger partial charge in [0.1, 0.15) is 17.3 Å². The molecule has 2 aliphatic rings. The van der Waals surface area contributed by atoms with Gasteiger partial charge in [-0.2, -0.15) is 5.10 Å². The van der Waals surface area contributed by atoms with E-state index in [0.29, 0.717) is 33.2 Å². The standard InChI is InChI=1S/2C22H20FN5/c1-13-7-16(8-17-12-28(2)27-22(13)17)20-11-18-19(23)9-15(10-21(18)26-25-20)14-3-5-24-6-4-14;1-13-7-17(12-28-11-14(2)25-22(13)28)20-10-18-19(23)8-16(9-21(18)27-26-20)15-3-5-24-6-4-15/h2*3,7-12,24H,4-6H2,1-2H3. The molecule has 0 unspecified atom stereocenters. The van der Waals surface area contributed by atoms with Gasteiger partial charge < -0.3 is 15.0 Å². The summed E-state index contributed by atoms with van der Waals surface area (Å²) in [7, 11) is 1.90. The van der Waals surface area contributed by atoms with Gasteiger partial charge in [-0.1, -0.05) is 12.2 Å². The Bertz CT molecular complexity index is 2710. The number of imidazole rings is 1. The van der Waals surface area contributed by atoms with E-state index in [-0.39, 0.29) is 11.6 Å². The summed E-state index contributed by atoms with van der Waals surface area (Å²) in [5.41, 5.74) is 13.3. The molecular weight excluding hydrogens is 707 g/mol. The van der Waals surface area contributed by atoms with Crippen LogP contribution < -0.4 is 10.6 Å². The molecule has 0 fully saturated rings. The van der Waals surface area contributed by atoms with Crippen LogP contribution in [0, 0.1) is 32.4 Å². The van der Waals surface area contributed by atoms with Gasteiger partial charge >= 0.3 is 0 Å². The smallest absolute Gasteiger partial charge is 0.139 e. The lowest BCUT2D eigenvalue weighted by Gasteiger charge is -2.15. The van der Waals surface area contributed by atoms with Gasteiger partial charge in [0, 0.05) is 66.0 Å². The zero-order chi connectivity index (χ0) is 38.5. The van der Waals surface area contributed by atoms with Crippen LogP contribution in [-0.2, 0) is 7.05 Å². The largest absolute Gasteiger partial charge is 0.313 e. The number of benzene rings is 3.